The van der Waals surface area contributed by atoms with Crippen LogP contribution in [0.5, 0.6) is 0 Å². The first-order valence-corrected chi connectivity index (χ1v) is 6.08. The molecule has 13 heavy (non-hydrogen) atoms. The van der Waals surface area contributed by atoms with Crippen LogP contribution < -0.4 is 5.32 Å². The first-order chi connectivity index (χ1) is 5.92. The summed E-state index contributed by atoms with van der Waals surface area (Å²) in [6, 6.07) is 0. The number of rotatable bonds is 7. The lowest BCUT2D eigenvalue weighted by molar-refractivity contribution is -0.136. The molecule has 0 saturated carbocycles. The third kappa shape index (κ3) is 11.4. The second kappa shape index (κ2) is 5.93. The van der Waals surface area contributed by atoms with Crippen LogP contribution in [0.1, 0.15) is 12.8 Å². The molecular formula is C7H15NO4S. The quantitative estimate of drug-likeness (QED) is 0.551. The zero-order valence-corrected chi connectivity index (χ0v) is 8.43. The SMILES string of the molecule is CS(=O)(=O)CCCNCCC(=O)O. The van der Waals surface area contributed by atoms with E-state index in [2.05, 4.69) is 5.32 Å². The summed E-state index contributed by atoms with van der Waals surface area (Å²) in [5.74, 6) is -0.705. The molecule has 0 aliphatic rings. The van der Waals surface area contributed by atoms with Crippen molar-refractivity contribution < 1.29 is 18.3 Å². The molecule has 0 aromatic heterocycles. The molecule has 0 aliphatic heterocycles. The van der Waals surface area contributed by atoms with Crippen molar-refractivity contribution in [2.75, 3.05) is 25.1 Å². The number of hydrogen-bond acceptors (Lipinski definition) is 4. The molecule has 0 aromatic carbocycles. The average molecular weight is 209 g/mol. The molecule has 0 aromatic rings. The van der Waals surface area contributed by atoms with Crippen LogP contribution in [0.2, 0.25) is 0 Å². The highest BCUT2D eigenvalue weighted by atomic mass is 32.2. The van der Waals surface area contributed by atoms with Crippen molar-refractivity contribution in [3.05, 3.63) is 0 Å². The highest BCUT2D eigenvalue weighted by Crippen LogP contribution is 1.87. The molecule has 0 spiro atoms. The second-order valence-corrected chi connectivity index (χ2v) is 5.14. The van der Waals surface area contributed by atoms with Crippen LogP contribution in [-0.2, 0) is 14.6 Å². The van der Waals surface area contributed by atoms with Crippen molar-refractivity contribution in [3.63, 3.8) is 0 Å². The molecule has 5 nitrogen and oxygen atoms in total. The fourth-order valence-corrected chi connectivity index (χ4v) is 1.45. The Balaban J connectivity index is 3.23. The van der Waals surface area contributed by atoms with E-state index in [1.54, 1.807) is 0 Å². The van der Waals surface area contributed by atoms with E-state index in [1.165, 1.54) is 6.26 Å². The average Bonchev–Trinajstić information content (AvgIpc) is 1.93. The monoisotopic (exact) mass is 209 g/mol. The maximum Gasteiger partial charge on any atom is 0.304 e. The molecule has 0 unspecified atom stereocenters. The van der Waals surface area contributed by atoms with Crippen LogP contribution >= 0.6 is 0 Å². The van der Waals surface area contributed by atoms with Gasteiger partial charge in [-0.1, -0.05) is 0 Å². The smallest absolute Gasteiger partial charge is 0.304 e. The van der Waals surface area contributed by atoms with Crippen LogP contribution in [0.25, 0.3) is 0 Å². The Kier molecular flexibility index (Phi) is 5.65. The molecule has 0 rings (SSSR count). The maximum atomic E-state index is 10.7. The van der Waals surface area contributed by atoms with E-state index < -0.39 is 15.8 Å². The summed E-state index contributed by atoms with van der Waals surface area (Å²) < 4.78 is 21.3. The van der Waals surface area contributed by atoms with Gasteiger partial charge in [-0.3, -0.25) is 4.79 Å². The van der Waals surface area contributed by atoms with Gasteiger partial charge in [-0.15, -0.1) is 0 Å². The summed E-state index contributed by atoms with van der Waals surface area (Å²) in [6.45, 7) is 0.930. The number of carboxylic acid groups (broad SMARTS) is 1. The predicted octanol–water partition coefficient (Wildman–Crippen LogP) is -0.515. The van der Waals surface area contributed by atoms with Crippen molar-refractivity contribution >= 4 is 15.8 Å². The topological polar surface area (TPSA) is 83.5 Å². The lowest BCUT2D eigenvalue weighted by Gasteiger charge is -2.01. The van der Waals surface area contributed by atoms with Gasteiger partial charge in [-0.25, -0.2) is 8.42 Å². The molecule has 0 saturated heterocycles. The Hall–Kier alpha value is -0.620. The molecular weight excluding hydrogens is 194 g/mol. The standard InChI is InChI=1S/C7H15NO4S/c1-13(11,12)6-2-4-8-5-3-7(9)10/h8H,2-6H2,1H3,(H,9,10). The van der Waals surface area contributed by atoms with Gasteiger partial charge in [0.15, 0.2) is 0 Å². The highest BCUT2D eigenvalue weighted by Gasteiger charge is 2.00. The van der Waals surface area contributed by atoms with Gasteiger partial charge in [-0.2, -0.15) is 0 Å². The molecule has 0 bridgehead atoms. The predicted molar refractivity (Wildman–Crippen MR) is 49.5 cm³/mol. The molecule has 0 amide bonds. The van der Waals surface area contributed by atoms with Gasteiger partial charge >= 0.3 is 5.97 Å². The maximum absolute atomic E-state index is 10.7. The number of aliphatic carboxylic acids is 1. The Bertz CT molecular complexity index is 247. The van der Waals surface area contributed by atoms with Crippen molar-refractivity contribution in [3.8, 4) is 0 Å². The zero-order valence-electron chi connectivity index (χ0n) is 7.62. The fourth-order valence-electron chi connectivity index (χ4n) is 0.780. The van der Waals surface area contributed by atoms with Crippen LogP contribution in [0.4, 0.5) is 0 Å². The summed E-state index contributed by atoms with van der Waals surface area (Å²) >= 11 is 0. The summed E-state index contributed by atoms with van der Waals surface area (Å²) in [5.41, 5.74) is 0. The van der Waals surface area contributed by atoms with Gasteiger partial charge in [0.1, 0.15) is 9.84 Å². The van der Waals surface area contributed by atoms with E-state index in [-0.39, 0.29) is 12.2 Å². The summed E-state index contributed by atoms with van der Waals surface area (Å²) in [5, 5.41) is 11.1. The Morgan fingerprint density at radius 1 is 1.38 bits per heavy atom. The van der Waals surface area contributed by atoms with E-state index in [9.17, 15) is 13.2 Å². The Labute approximate surface area is 78.1 Å². The number of hydrogen-bond donors (Lipinski definition) is 2. The molecule has 6 heteroatoms. The summed E-state index contributed by atoms with van der Waals surface area (Å²) in [7, 11) is -2.88. The first-order valence-electron chi connectivity index (χ1n) is 4.02. The summed E-state index contributed by atoms with van der Waals surface area (Å²) in [6.07, 6.45) is 1.78. The summed E-state index contributed by atoms with van der Waals surface area (Å²) in [4.78, 5) is 10.1. The molecule has 0 fully saturated rings. The van der Waals surface area contributed by atoms with Crippen LogP contribution in [0.15, 0.2) is 0 Å². The molecule has 0 aliphatic carbocycles. The van der Waals surface area contributed by atoms with Gasteiger partial charge in [0, 0.05) is 12.8 Å². The third-order valence-corrected chi connectivity index (χ3v) is 2.41. The van der Waals surface area contributed by atoms with E-state index >= 15 is 0 Å². The minimum atomic E-state index is -2.88. The van der Waals surface area contributed by atoms with Crippen LogP contribution in [-0.4, -0.2) is 44.6 Å². The van der Waals surface area contributed by atoms with Crippen LogP contribution in [0, 0.1) is 0 Å². The largest absolute Gasteiger partial charge is 0.481 e. The van der Waals surface area contributed by atoms with E-state index in [0.29, 0.717) is 19.5 Å². The van der Waals surface area contributed by atoms with Crippen molar-refractivity contribution in [2.45, 2.75) is 12.8 Å². The lowest BCUT2D eigenvalue weighted by atomic mass is 10.4. The lowest BCUT2D eigenvalue weighted by Crippen LogP contribution is -2.21. The second-order valence-electron chi connectivity index (χ2n) is 2.88. The van der Waals surface area contributed by atoms with Crippen molar-refractivity contribution in [1.82, 2.24) is 5.32 Å². The van der Waals surface area contributed by atoms with Gasteiger partial charge < -0.3 is 10.4 Å². The molecule has 2 N–H and O–H groups in total. The highest BCUT2D eigenvalue weighted by molar-refractivity contribution is 7.90. The van der Waals surface area contributed by atoms with Gasteiger partial charge in [0.2, 0.25) is 0 Å². The minimum Gasteiger partial charge on any atom is -0.481 e. The fraction of sp³-hybridized carbons (Fsp3) is 0.857. The van der Waals surface area contributed by atoms with E-state index in [4.69, 9.17) is 5.11 Å². The Morgan fingerprint density at radius 3 is 2.46 bits per heavy atom. The third-order valence-electron chi connectivity index (χ3n) is 1.38. The van der Waals surface area contributed by atoms with Gasteiger partial charge in [0.25, 0.3) is 0 Å². The number of carboxylic acids is 1. The number of nitrogens with one attached hydrogen (secondary N) is 1. The van der Waals surface area contributed by atoms with E-state index in [0.717, 1.165) is 0 Å². The first kappa shape index (κ1) is 12.4. The van der Waals surface area contributed by atoms with Crippen LogP contribution in [0.3, 0.4) is 0 Å². The molecule has 0 heterocycles. The zero-order chi connectivity index (χ0) is 10.3. The number of sulfone groups is 1. The molecule has 0 radical (unpaired) electrons. The normalized spacial score (nSPS) is 11.5. The van der Waals surface area contributed by atoms with Crippen molar-refractivity contribution in [1.29, 1.82) is 0 Å². The van der Waals surface area contributed by atoms with Gasteiger partial charge in [-0.05, 0) is 13.0 Å². The van der Waals surface area contributed by atoms with E-state index in [1.807, 2.05) is 0 Å². The number of carbonyl (C=O) groups is 1. The minimum absolute atomic E-state index is 0.0683. The Morgan fingerprint density at radius 2 is 2.00 bits per heavy atom. The molecule has 78 valence electrons. The molecule has 0 atom stereocenters. The van der Waals surface area contributed by atoms with Crippen molar-refractivity contribution in [2.24, 2.45) is 0 Å². The van der Waals surface area contributed by atoms with Gasteiger partial charge in [0.05, 0.1) is 12.2 Å².